The quantitative estimate of drug-likeness (QED) is 0.332. The van der Waals surface area contributed by atoms with E-state index >= 15 is 0 Å². The average molecular weight is 277 g/mol. The van der Waals surface area contributed by atoms with Gasteiger partial charge in [-0.05, 0) is 38.1 Å². The van der Waals surface area contributed by atoms with Crippen LogP contribution in [0.1, 0.15) is 17.0 Å². The van der Waals surface area contributed by atoms with E-state index in [4.69, 9.17) is 11.6 Å². The molecule has 2 rings (SSSR count). The summed E-state index contributed by atoms with van der Waals surface area (Å²) in [6.45, 7) is 5.91. The second-order valence-electron chi connectivity index (χ2n) is 4.00. The van der Waals surface area contributed by atoms with Gasteiger partial charge in [0.1, 0.15) is 10.8 Å². The Morgan fingerprint density at radius 2 is 1.68 bits per heavy atom. The lowest BCUT2D eigenvalue weighted by Crippen LogP contribution is -2.10. The standard InChI is InChI=1S/C11H15N7S/c1-5-6(2)14-11(15-7(5)3)19-9-4-8(18-13)16-10(12)17-9/h4H,13H2,1-3H3,(H3,12,16,17,18). The van der Waals surface area contributed by atoms with Gasteiger partial charge in [-0.15, -0.1) is 0 Å². The fraction of sp³-hybridized carbons (Fsp3) is 0.273. The lowest BCUT2D eigenvalue weighted by atomic mass is 10.2. The first kappa shape index (κ1) is 13.5. The van der Waals surface area contributed by atoms with Gasteiger partial charge in [0.25, 0.3) is 0 Å². The Kier molecular flexibility index (Phi) is 3.82. The number of aromatic nitrogens is 4. The van der Waals surface area contributed by atoms with Crippen LogP contribution in [0, 0.1) is 20.8 Å². The Bertz CT molecular complexity index is 591. The molecule has 100 valence electrons. The van der Waals surface area contributed by atoms with Crippen LogP contribution in [0.4, 0.5) is 11.8 Å². The SMILES string of the molecule is Cc1nc(Sc2cc(NN)nc(N)n2)nc(C)c1C. The van der Waals surface area contributed by atoms with E-state index in [2.05, 4.69) is 25.4 Å². The number of nitrogen functional groups attached to an aromatic ring is 2. The van der Waals surface area contributed by atoms with E-state index in [0.717, 1.165) is 17.0 Å². The van der Waals surface area contributed by atoms with Crippen molar-refractivity contribution in [2.24, 2.45) is 5.84 Å². The lowest BCUT2D eigenvalue weighted by molar-refractivity contribution is 0.877. The van der Waals surface area contributed by atoms with Crippen molar-refractivity contribution in [2.75, 3.05) is 11.2 Å². The summed E-state index contributed by atoms with van der Waals surface area (Å²) in [6.07, 6.45) is 0. The second kappa shape index (κ2) is 5.37. The fourth-order valence-corrected chi connectivity index (χ4v) is 2.31. The predicted octanol–water partition coefficient (Wildman–Crippen LogP) is 1.21. The minimum Gasteiger partial charge on any atom is -0.368 e. The summed E-state index contributed by atoms with van der Waals surface area (Å²) in [5, 5.41) is 1.27. The monoisotopic (exact) mass is 277 g/mol. The zero-order valence-corrected chi connectivity index (χ0v) is 11.7. The zero-order chi connectivity index (χ0) is 14.0. The minimum absolute atomic E-state index is 0.151. The first-order valence-corrected chi connectivity index (χ1v) is 6.42. The smallest absolute Gasteiger partial charge is 0.223 e. The highest BCUT2D eigenvalue weighted by Crippen LogP contribution is 2.26. The number of aryl methyl sites for hydroxylation is 2. The number of nitrogens with two attached hydrogens (primary N) is 2. The summed E-state index contributed by atoms with van der Waals surface area (Å²) in [5.41, 5.74) is 11.0. The topological polar surface area (TPSA) is 116 Å². The van der Waals surface area contributed by atoms with Crippen LogP contribution in [0.15, 0.2) is 16.2 Å². The molecule has 0 bridgehead atoms. The normalized spacial score (nSPS) is 10.5. The Hall–Kier alpha value is -1.93. The molecule has 2 aromatic rings. The number of nitrogens with one attached hydrogen (secondary N) is 1. The number of hydrazine groups is 1. The summed E-state index contributed by atoms with van der Waals surface area (Å²) >= 11 is 1.32. The van der Waals surface area contributed by atoms with E-state index in [1.807, 2.05) is 20.8 Å². The molecule has 0 radical (unpaired) electrons. The summed E-state index contributed by atoms with van der Waals surface area (Å²) in [4.78, 5) is 16.9. The zero-order valence-electron chi connectivity index (χ0n) is 10.9. The van der Waals surface area contributed by atoms with Crippen LogP contribution in [-0.2, 0) is 0 Å². The van der Waals surface area contributed by atoms with Crippen molar-refractivity contribution in [3.8, 4) is 0 Å². The number of nitrogens with zero attached hydrogens (tertiary/aromatic N) is 4. The van der Waals surface area contributed by atoms with Gasteiger partial charge in [0.15, 0.2) is 5.16 Å². The van der Waals surface area contributed by atoms with E-state index in [1.54, 1.807) is 6.07 Å². The van der Waals surface area contributed by atoms with Gasteiger partial charge in [-0.25, -0.2) is 20.8 Å². The number of rotatable bonds is 3. The molecule has 7 nitrogen and oxygen atoms in total. The van der Waals surface area contributed by atoms with Crippen LogP contribution in [0.2, 0.25) is 0 Å². The summed E-state index contributed by atoms with van der Waals surface area (Å²) in [6, 6.07) is 1.69. The van der Waals surface area contributed by atoms with E-state index in [0.29, 0.717) is 16.0 Å². The second-order valence-corrected chi connectivity index (χ2v) is 4.99. The third-order valence-electron chi connectivity index (χ3n) is 2.68. The molecular formula is C11H15N7S. The molecule has 0 amide bonds. The van der Waals surface area contributed by atoms with E-state index < -0.39 is 0 Å². The average Bonchev–Trinajstić information content (AvgIpc) is 2.35. The van der Waals surface area contributed by atoms with Gasteiger partial charge >= 0.3 is 0 Å². The third kappa shape index (κ3) is 3.09. The maximum absolute atomic E-state index is 5.60. The van der Waals surface area contributed by atoms with Gasteiger partial charge < -0.3 is 11.2 Å². The van der Waals surface area contributed by atoms with Crippen LogP contribution in [-0.4, -0.2) is 19.9 Å². The molecule has 8 heteroatoms. The summed E-state index contributed by atoms with van der Waals surface area (Å²) < 4.78 is 0. The van der Waals surface area contributed by atoms with E-state index in [-0.39, 0.29) is 5.95 Å². The molecule has 0 atom stereocenters. The molecule has 0 aliphatic heterocycles. The molecular weight excluding hydrogens is 262 g/mol. The molecule has 0 unspecified atom stereocenters. The molecule has 0 aliphatic rings. The van der Waals surface area contributed by atoms with Crippen molar-refractivity contribution in [2.45, 2.75) is 31.0 Å². The van der Waals surface area contributed by atoms with Crippen LogP contribution in [0.5, 0.6) is 0 Å². The molecule has 0 aromatic carbocycles. The molecule has 0 saturated carbocycles. The lowest BCUT2D eigenvalue weighted by Gasteiger charge is -2.07. The van der Waals surface area contributed by atoms with Gasteiger partial charge in [-0.1, -0.05) is 0 Å². The van der Waals surface area contributed by atoms with Gasteiger partial charge in [-0.3, -0.25) is 0 Å². The van der Waals surface area contributed by atoms with Crippen molar-refractivity contribution in [1.82, 2.24) is 19.9 Å². The molecule has 2 aromatic heterocycles. The van der Waals surface area contributed by atoms with Crippen LogP contribution in [0.25, 0.3) is 0 Å². The van der Waals surface area contributed by atoms with Crippen LogP contribution < -0.4 is 17.0 Å². The number of anilines is 2. The molecule has 0 saturated heterocycles. The van der Waals surface area contributed by atoms with Crippen molar-refractivity contribution in [1.29, 1.82) is 0 Å². The van der Waals surface area contributed by atoms with Crippen molar-refractivity contribution in [3.63, 3.8) is 0 Å². The van der Waals surface area contributed by atoms with Gasteiger partial charge in [0, 0.05) is 17.5 Å². The number of hydrogen-bond acceptors (Lipinski definition) is 8. The van der Waals surface area contributed by atoms with E-state index in [9.17, 15) is 0 Å². The third-order valence-corrected chi connectivity index (χ3v) is 3.46. The summed E-state index contributed by atoms with van der Waals surface area (Å²) in [7, 11) is 0. The molecule has 0 fully saturated rings. The predicted molar refractivity (Wildman–Crippen MR) is 74.6 cm³/mol. The van der Waals surface area contributed by atoms with Crippen molar-refractivity contribution < 1.29 is 0 Å². The van der Waals surface area contributed by atoms with Gasteiger partial charge in [0.05, 0.1) is 0 Å². The van der Waals surface area contributed by atoms with Crippen molar-refractivity contribution in [3.05, 3.63) is 23.0 Å². The Labute approximate surface area is 115 Å². The molecule has 19 heavy (non-hydrogen) atoms. The highest BCUT2D eigenvalue weighted by Gasteiger charge is 2.09. The highest BCUT2D eigenvalue weighted by molar-refractivity contribution is 7.99. The van der Waals surface area contributed by atoms with Gasteiger partial charge in [0.2, 0.25) is 5.95 Å². The van der Waals surface area contributed by atoms with Crippen molar-refractivity contribution >= 4 is 23.5 Å². The Balaban J connectivity index is 2.33. The first-order chi connectivity index (χ1) is 8.99. The molecule has 0 aliphatic carbocycles. The molecule has 2 heterocycles. The van der Waals surface area contributed by atoms with Crippen LogP contribution >= 0.6 is 11.8 Å². The van der Waals surface area contributed by atoms with Crippen LogP contribution in [0.3, 0.4) is 0 Å². The highest BCUT2D eigenvalue weighted by atomic mass is 32.2. The Morgan fingerprint density at radius 1 is 1.05 bits per heavy atom. The molecule has 5 N–H and O–H groups in total. The number of hydrogen-bond donors (Lipinski definition) is 3. The first-order valence-electron chi connectivity index (χ1n) is 5.60. The summed E-state index contributed by atoms with van der Waals surface area (Å²) in [5.74, 6) is 5.92. The maximum Gasteiger partial charge on any atom is 0.223 e. The molecule has 0 spiro atoms. The minimum atomic E-state index is 0.151. The van der Waals surface area contributed by atoms with Gasteiger partial charge in [-0.2, -0.15) is 4.98 Å². The largest absolute Gasteiger partial charge is 0.368 e. The maximum atomic E-state index is 5.60. The van der Waals surface area contributed by atoms with E-state index in [1.165, 1.54) is 11.8 Å². The fourth-order valence-electron chi connectivity index (χ4n) is 1.45. The Morgan fingerprint density at radius 3 is 2.26 bits per heavy atom.